The van der Waals surface area contributed by atoms with Gasteiger partial charge in [0.15, 0.2) is 5.13 Å². The number of nitrogens with one attached hydrogen (secondary N) is 1. The largest absolute Gasteiger partial charge is 0.497 e. The van der Waals surface area contributed by atoms with Crippen LogP contribution in [0.2, 0.25) is 0 Å². The average molecular weight is 278 g/mol. The summed E-state index contributed by atoms with van der Waals surface area (Å²) in [4.78, 5) is 16.4. The highest BCUT2D eigenvalue weighted by molar-refractivity contribution is 7.13. The van der Waals surface area contributed by atoms with Crippen molar-refractivity contribution in [2.24, 2.45) is 0 Å². The maximum absolute atomic E-state index is 12.2. The highest BCUT2D eigenvalue weighted by Gasteiger charge is 2.15. The molecule has 0 spiro atoms. The summed E-state index contributed by atoms with van der Waals surface area (Å²) >= 11 is 1.38. The van der Waals surface area contributed by atoms with Gasteiger partial charge in [-0.15, -0.1) is 11.3 Å². The van der Waals surface area contributed by atoms with Crippen molar-refractivity contribution >= 4 is 22.4 Å². The minimum absolute atomic E-state index is 0.273. The monoisotopic (exact) mass is 278 g/mol. The van der Waals surface area contributed by atoms with Gasteiger partial charge in [0.25, 0.3) is 5.91 Å². The number of hydrogen-bond acceptors (Lipinski definition) is 5. The summed E-state index contributed by atoms with van der Waals surface area (Å²) < 4.78 is 10.3. The minimum atomic E-state index is -0.273. The van der Waals surface area contributed by atoms with Gasteiger partial charge in [-0.3, -0.25) is 10.1 Å². The second-order valence-corrected chi connectivity index (χ2v) is 4.67. The molecule has 100 valence electrons. The van der Waals surface area contributed by atoms with Crippen LogP contribution in [0.25, 0.3) is 0 Å². The number of carbonyl (C=O) groups excluding carboxylic acids is 1. The Balaban J connectivity index is 2.26. The van der Waals surface area contributed by atoms with E-state index in [-0.39, 0.29) is 5.91 Å². The third kappa shape index (κ3) is 3.03. The first-order chi connectivity index (χ1) is 9.13. The lowest BCUT2D eigenvalue weighted by molar-refractivity contribution is 0.102. The molecule has 6 heteroatoms. The molecule has 2 rings (SSSR count). The Bertz CT molecular complexity index is 595. The van der Waals surface area contributed by atoms with Crippen LogP contribution in [0.5, 0.6) is 11.5 Å². The molecule has 0 atom stereocenters. The number of benzene rings is 1. The number of hydrogen-bond donors (Lipinski definition) is 1. The fraction of sp³-hybridized carbons (Fsp3) is 0.231. The van der Waals surface area contributed by atoms with Gasteiger partial charge in [-0.2, -0.15) is 0 Å². The molecule has 0 saturated carbocycles. The molecule has 1 N–H and O–H groups in total. The van der Waals surface area contributed by atoms with E-state index < -0.39 is 0 Å². The van der Waals surface area contributed by atoms with Crippen LogP contribution in [0.4, 0.5) is 5.13 Å². The van der Waals surface area contributed by atoms with Gasteiger partial charge < -0.3 is 9.47 Å². The lowest BCUT2D eigenvalue weighted by Gasteiger charge is -2.09. The number of amides is 1. The third-order valence-electron chi connectivity index (χ3n) is 2.49. The van der Waals surface area contributed by atoms with Gasteiger partial charge in [0.05, 0.1) is 25.5 Å². The molecule has 0 saturated heterocycles. The van der Waals surface area contributed by atoms with Gasteiger partial charge in [0.2, 0.25) is 0 Å². The molecule has 19 heavy (non-hydrogen) atoms. The summed E-state index contributed by atoms with van der Waals surface area (Å²) in [6.45, 7) is 1.87. The van der Waals surface area contributed by atoms with Crippen LogP contribution < -0.4 is 14.8 Å². The number of thiazole rings is 1. The Hall–Kier alpha value is -2.08. The Kier molecular flexibility index (Phi) is 4.01. The maximum Gasteiger partial charge on any atom is 0.261 e. The molecule has 0 bridgehead atoms. The molecule has 0 aliphatic heterocycles. The summed E-state index contributed by atoms with van der Waals surface area (Å²) in [7, 11) is 3.07. The maximum atomic E-state index is 12.2. The summed E-state index contributed by atoms with van der Waals surface area (Å²) in [5, 5.41) is 5.17. The molecule has 1 amide bonds. The van der Waals surface area contributed by atoms with Crippen molar-refractivity contribution in [3.8, 4) is 11.5 Å². The normalized spacial score (nSPS) is 10.1. The van der Waals surface area contributed by atoms with Gasteiger partial charge in [-0.25, -0.2) is 4.98 Å². The zero-order chi connectivity index (χ0) is 13.8. The van der Waals surface area contributed by atoms with E-state index in [1.807, 2.05) is 12.3 Å². The topological polar surface area (TPSA) is 60.5 Å². The van der Waals surface area contributed by atoms with Crippen LogP contribution >= 0.6 is 11.3 Å². The lowest BCUT2D eigenvalue weighted by atomic mass is 10.2. The fourth-order valence-corrected chi connectivity index (χ4v) is 2.25. The van der Waals surface area contributed by atoms with Crippen molar-refractivity contribution < 1.29 is 14.3 Å². The first-order valence-electron chi connectivity index (χ1n) is 5.59. The SMILES string of the molecule is COc1ccc(OC)c(C(=O)Nc2nc(C)cs2)c1. The van der Waals surface area contributed by atoms with Crippen molar-refractivity contribution in [1.82, 2.24) is 4.98 Å². The first-order valence-corrected chi connectivity index (χ1v) is 6.47. The number of rotatable bonds is 4. The van der Waals surface area contributed by atoms with Crippen molar-refractivity contribution in [3.63, 3.8) is 0 Å². The number of carbonyl (C=O) groups is 1. The minimum Gasteiger partial charge on any atom is -0.497 e. The predicted octanol–water partition coefficient (Wildman–Crippen LogP) is 2.72. The number of aryl methyl sites for hydroxylation is 1. The zero-order valence-corrected chi connectivity index (χ0v) is 11.7. The average Bonchev–Trinajstić information content (AvgIpc) is 2.83. The standard InChI is InChI=1S/C13H14N2O3S/c1-8-7-19-13(14-8)15-12(16)10-6-9(17-2)4-5-11(10)18-3/h4-7H,1-3H3,(H,14,15,16). The van der Waals surface area contributed by atoms with Crippen molar-refractivity contribution in [2.45, 2.75) is 6.92 Å². The van der Waals surface area contributed by atoms with Crippen LogP contribution in [0.3, 0.4) is 0 Å². The van der Waals surface area contributed by atoms with Crippen molar-refractivity contribution in [3.05, 3.63) is 34.8 Å². The summed E-state index contributed by atoms with van der Waals surface area (Å²) in [5.74, 6) is 0.818. The molecule has 0 fully saturated rings. The molecular weight excluding hydrogens is 264 g/mol. The van der Waals surface area contributed by atoms with E-state index in [0.29, 0.717) is 22.2 Å². The molecule has 0 aliphatic carbocycles. The van der Waals surface area contributed by atoms with Gasteiger partial charge in [0.1, 0.15) is 11.5 Å². The Morgan fingerprint density at radius 1 is 1.32 bits per heavy atom. The van der Waals surface area contributed by atoms with Gasteiger partial charge in [0, 0.05) is 5.38 Å². The van der Waals surface area contributed by atoms with Crippen molar-refractivity contribution in [2.75, 3.05) is 19.5 Å². The molecule has 0 aliphatic rings. The number of anilines is 1. The highest BCUT2D eigenvalue weighted by Crippen LogP contribution is 2.25. The van der Waals surface area contributed by atoms with Crippen LogP contribution in [0.1, 0.15) is 16.1 Å². The predicted molar refractivity (Wildman–Crippen MR) is 74.4 cm³/mol. The fourth-order valence-electron chi connectivity index (χ4n) is 1.57. The highest BCUT2D eigenvalue weighted by atomic mass is 32.1. The number of methoxy groups -OCH3 is 2. The summed E-state index contributed by atoms with van der Waals surface area (Å²) in [5.41, 5.74) is 1.28. The number of nitrogens with zero attached hydrogens (tertiary/aromatic N) is 1. The molecular formula is C13H14N2O3S. The van der Waals surface area contributed by atoms with Gasteiger partial charge in [-0.1, -0.05) is 0 Å². The molecule has 0 radical (unpaired) electrons. The second-order valence-electron chi connectivity index (χ2n) is 3.81. The number of aromatic nitrogens is 1. The Morgan fingerprint density at radius 3 is 2.68 bits per heavy atom. The third-order valence-corrected chi connectivity index (χ3v) is 3.37. The number of ether oxygens (including phenoxy) is 2. The Morgan fingerprint density at radius 2 is 2.11 bits per heavy atom. The Labute approximate surface area is 115 Å². The second kappa shape index (κ2) is 5.71. The quantitative estimate of drug-likeness (QED) is 0.934. The molecule has 1 aromatic heterocycles. The van der Waals surface area contributed by atoms with E-state index in [1.165, 1.54) is 18.4 Å². The van der Waals surface area contributed by atoms with Crippen molar-refractivity contribution in [1.29, 1.82) is 0 Å². The van der Waals surface area contributed by atoms with E-state index >= 15 is 0 Å². The van der Waals surface area contributed by atoms with E-state index in [0.717, 1.165) is 5.69 Å². The smallest absolute Gasteiger partial charge is 0.261 e. The zero-order valence-electron chi connectivity index (χ0n) is 10.9. The van der Waals surface area contributed by atoms with E-state index in [9.17, 15) is 4.79 Å². The van der Waals surface area contributed by atoms with E-state index in [1.54, 1.807) is 25.3 Å². The molecule has 2 aromatic rings. The molecule has 5 nitrogen and oxygen atoms in total. The molecule has 1 heterocycles. The van der Waals surface area contributed by atoms with Gasteiger partial charge in [-0.05, 0) is 25.1 Å². The van der Waals surface area contributed by atoms with E-state index in [4.69, 9.17) is 9.47 Å². The van der Waals surface area contributed by atoms with Crippen LogP contribution in [-0.4, -0.2) is 25.1 Å². The summed E-state index contributed by atoms with van der Waals surface area (Å²) in [6, 6.07) is 5.07. The first kappa shape index (κ1) is 13.4. The van der Waals surface area contributed by atoms with Gasteiger partial charge >= 0.3 is 0 Å². The summed E-state index contributed by atoms with van der Waals surface area (Å²) in [6.07, 6.45) is 0. The van der Waals surface area contributed by atoms with Crippen LogP contribution in [-0.2, 0) is 0 Å². The molecule has 1 aromatic carbocycles. The van der Waals surface area contributed by atoms with Crippen LogP contribution in [0, 0.1) is 6.92 Å². The van der Waals surface area contributed by atoms with Crippen LogP contribution in [0.15, 0.2) is 23.6 Å². The molecule has 0 unspecified atom stereocenters. The lowest BCUT2D eigenvalue weighted by Crippen LogP contribution is -2.13. The van der Waals surface area contributed by atoms with E-state index in [2.05, 4.69) is 10.3 Å².